The molecule has 11 heavy (non-hydrogen) atoms. The third-order valence-electron chi connectivity index (χ3n) is 0.957. The number of alkyl halides is 1. The van der Waals surface area contributed by atoms with Crippen LogP contribution < -0.4 is 5.32 Å². The minimum absolute atomic E-state index is 0.303. The van der Waals surface area contributed by atoms with Crippen LogP contribution in [0.3, 0.4) is 0 Å². The van der Waals surface area contributed by atoms with Crippen molar-refractivity contribution in [2.45, 2.75) is 5.16 Å². The molecule has 0 aliphatic heterocycles. The van der Waals surface area contributed by atoms with E-state index in [4.69, 9.17) is 11.6 Å². The molecule has 0 aliphatic carbocycles. The fourth-order valence-corrected chi connectivity index (χ4v) is 0.974. The van der Waals surface area contributed by atoms with Crippen LogP contribution in [0.15, 0.2) is 11.5 Å². The van der Waals surface area contributed by atoms with E-state index in [-0.39, 0.29) is 0 Å². The first-order chi connectivity index (χ1) is 5.36. The predicted octanol–water partition coefficient (Wildman–Crippen LogP) is 1.20. The Morgan fingerprint density at radius 2 is 2.45 bits per heavy atom. The lowest BCUT2D eigenvalue weighted by Gasteiger charge is -1.99. The van der Waals surface area contributed by atoms with Crippen LogP contribution in [0.1, 0.15) is 0 Å². The van der Waals surface area contributed by atoms with Crippen molar-refractivity contribution in [2.75, 3.05) is 17.6 Å². The summed E-state index contributed by atoms with van der Waals surface area (Å²) in [4.78, 5) is 11.8. The number of nitrogens with zero attached hydrogens (tertiary/aromatic N) is 3. The number of aromatic nitrogens is 3. The van der Waals surface area contributed by atoms with Gasteiger partial charge in [0, 0.05) is 0 Å². The van der Waals surface area contributed by atoms with Gasteiger partial charge in [0.15, 0.2) is 5.16 Å². The van der Waals surface area contributed by atoms with Gasteiger partial charge in [0.1, 0.15) is 6.33 Å². The first-order valence-corrected chi connectivity index (χ1v) is 4.65. The van der Waals surface area contributed by atoms with Crippen molar-refractivity contribution in [1.29, 1.82) is 0 Å². The van der Waals surface area contributed by atoms with Crippen molar-refractivity contribution in [3.63, 3.8) is 0 Å². The average molecular weight is 191 g/mol. The summed E-state index contributed by atoms with van der Waals surface area (Å²) < 4.78 is 0. The quantitative estimate of drug-likeness (QED) is 0.441. The predicted molar refractivity (Wildman–Crippen MR) is 46.0 cm³/mol. The number of halogens is 1. The molecule has 0 atom stereocenters. The zero-order valence-corrected chi connectivity index (χ0v) is 7.48. The molecule has 0 saturated carbocycles. The molecule has 0 bridgehead atoms. The fraction of sp³-hybridized carbons (Fsp3) is 0.400. The van der Waals surface area contributed by atoms with Crippen LogP contribution in [0, 0.1) is 0 Å². The molecule has 0 radical (unpaired) electrons. The van der Waals surface area contributed by atoms with Crippen LogP contribution >= 0.6 is 23.4 Å². The fourth-order valence-electron chi connectivity index (χ4n) is 0.525. The lowest BCUT2D eigenvalue weighted by Crippen LogP contribution is -2.01. The van der Waals surface area contributed by atoms with Gasteiger partial charge in [-0.1, -0.05) is 11.8 Å². The van der Waals surface area contributed by atoms with E-state index in [1.807, 2.05) is 6.26 Å². The van der Waals surface area contributed by atoms with E-state index < -0.39 is 0 Å². The molecule has 0 amide bonds. The van der Waals surface area contributed by atoms with Gasteiger partial charge in [0.25, 0.3) is 0 Å². The largest absolute Gasteiger partial charge is 0.341 e. The lowest BCUT2D eigenvalue weighted by atomic mass is 10.9. The minimum atomic E-state index is 0.303. The van der Waals surface area contributed by atoms with E-state index in [9.17, 15) is 0 Å². The SMILES string of the molecule is CSc1ncnc(NCCl)n1. The van der Waals surface area contributed by atoms with Crippen molar-refractivity contribution in [2.24, 2.45) is 0 Å². The number of thioether (sulfide) groups is 1. The number of nitrogens with one attached hydrogen (secondary N) is 1. The summed E-state index contributed by atoms with van der Waals surface area (Å²) in [6.07, 6.45) is 3.35. The first kappa shape index (κ1) is 8.55. The zero-order valence-electron chi connectivity index (χ0n) is 5.91. The maximum Gasteiger partial charge on any atom is 0.227 e. The molecule has 1 aromatic rings. The molecule has 4 nitrogen and oxygen atoms in total. The summed E-state index contributed by atoms with van der Waals surface area (Å²) in [5.74, 6) is 0.513. The van der Waals surface area contributed by atoms with Gasteiger partial charge in [-0.15, -0.1) is 11.6 Å². The van der Waals surface area contributed by atoms with Crippen LogP contribution in [-0.4, -0.2) is 27.2 Å². The Morgan fingerprint density at radius 3 is 3.09 bits per heavy atom. The van der Waals surface area contributed by atoms with Crippen LogP contribution in [0.25, 0.3) is 0 Å². The second-order valence-corrected chi connectivity index (χ2v) is 2.65. The van der Waals surface area contributed by atoms with Gasteiger partial charge in [-0.25, -0.2) is 9.97 Å². The highest BCUT2D eigenvalue weighted by Crippen LogP contribution is 2.07. The molecular formula is C5H7ClN4S. The smallest absolute Gasteiger partial charge is 0.227 e. The Morgan fingerprint density at radius 1 is 1.64 bits per heavy atom. The van der Waals surface area contributed by atoms with E-state index in [0.717, 1.165) is 0 Å². The second kappa shape index (κ2) is 4.35. The van der Waals surface area contributed by atoms with E-state index >= 15 is 0 Å². The Hall–Kier alpha value is -0.550. The van der Waals surface area contributed by atoms with Crippen LogP contribution in [0.5, 0.6) is 0 Å². The maximum absolute atomic E-state index is 5.41. The summed E-state index contributed by atoms with van der Waals surface area (Å²) in [6.45, 7) is 0. The minimum Gasteiger partial charge on any atom is -0.341 e. The summed E-state index contributed by atoms with van der Waals surface area (Å²) in [6, 6.07) is 0.303. The molecule has 0 fully saturated rings. The zero-order chi connectivity index (χ0) is 8.10. The van der Waals surface area contributed by atoms with Crippen molar-refractivity contribution in [3.05, 3.63) is 6.33 Å². The van der Waals surface area contributed by atoms with Gasteiger partial charge in [-0.3, -0.25) is 0 Å². The van der Waals surface area contributed by atoms with Gasteiger partial charge in [0.05, 0.1) is 6.00 Å². The summed E-state index contributed by atoms with van der Waals surface area (Å²) in [5, 5.41) is 3.46. The van der Waals surface area contributed by atoms with Gasteiger partial charge in [0.2, 0.25) is 5.95 Å². The molecule has 60 valence electrons. The van der Waals surface area contributed by atoms with Crippen molar-refractivity contribution in [1.82, 2.24) is 15.0 Å². The number of anilines is 1. The molecule has 6 heteroatoms. The third-order valence-corrected chi connectivity index (χ3v) is 1.65. The third kappa shape index (κ3) is 2.51. The lowest BCUT2D eigenvalue weighted by molar-refractivity contribution is 0.908. The van der Waals surface area contributed by atoms with E-state index in [2.05, 4.69) is 20.3 Å². The van der Waals surface area contributed by atoms with E-state index in [1.54, 1.807) is 0 Å². The highest BCUT2D eigenvalue weighted by Gasteiger charge is 1.96. The van der Waals surface area contributed by atoms with Crippen LogP contribution in [0.2, 0.25) is 0 Å². The summed E-state index contributed by atoms with van der Waals surface area (Å²) in [7, 11) is 0. The number of hydrogen-bond donors (Lipinski definition) is 1. The molecule has 1 heterocycles. The first-order valence-electron chi connectivity index (χ1n) is 2.89. The molecule has 1 rings (SSSR count). The normalized spacial score (nSPS) is 9.64. The molecular weight excluding hydrogens is 184 g/mol. The van der Waals surface area contributed by atoms with Crippen molar-refractivity contribution < 1.29 is 0 Å². The van der Waals surface area contributed by atoms with Gasteiger partial charge < -0.3 is 5.32 Å². The van der Waals surface area contributed by atoms with E-state index in [1.165, 1.54) is 18.1 Å². The summed E-state index contributed by atoms with van der Waals surface area (Å²) >= 11 is 6.88. The maximum atomic E-state index is 5.41. The van der Waals surface area contributed by atoms with E-state index in [0.29, 0.717) is 17.1 Å². The standard InChI is InChI=1S/C5H7ClN4S/c1-11-5-9-3-8-4(10-5)7-2-6/h3H,2H2,1H3,(H,7,8,9,10). The number of hydrogen-bond acceptors (Lipinski definition) is 5. The Kier molecular flexibility index (Phi) is 3.38. The molecule has 0 aliphatic rings. The Balaban J connectivity index is 2.74. The average Bonchev–Trinajstić information content (AvgIpc) is 2.06. The molecule has 0 spiro atoms. The van der Waals surface area contributed by atoms with Gasteiger partial charge in [-0.05, 0) is 6.26 Å². The highest BCUT2D eigenvalue weighted by atomic mass is 35.5. The second-order valence-electron chi connectivity index (χ2n) is 1.61. The highest BCUT2D eigenvalue weighted by molar-refractivity contribution is 7.98. The Bertz CT molecular complexity index is 231. The molecule has 0 aromatic carbocycles. The summed E-state index contributed by atoms with van der Waals surface area (Å²) in [5.41, 5.74) is 0. The van der Waals surface area contributed by atoms with Crippen LogP contribution in [-0.2, 0) is 0 Å². The van der Waals surface area contributed by atoms with Gasteiger partial charge >= 0.3 is 0 Å². The Labute approximate surface area is 73.8 Å². The molecule has 0 saturated heterocycles. The molecule has 1 aromatic heterocycles. The van der Waals surface area contributed by atoms with Crippen molar-refractivity contribution >= 4 is 29.3 Å². The van der Waals surface area contributed by atoms with Crippen molar-refractivity contribution in [3.8, 4) is 0 Å². The van der Waals surface area contributed by atoms with Gasteiger partial charge in [-0.2, -0.15) is 4.98 Å². The molecule has 1 N–H and O–H groups in total. The van der Waals surface area contributed by atoms with Crippen LogP contribution in [0.4, 0.5) is 5.95 Å². The number of rotatable bonds is 3. The molecule has 0 unspecified atom stereocenters. The monoisotopic (exact) mass is 190 g/mol. The topological polar surface area (TPSA) is 50.7 Å².